The summed E-state index contributed by atoms with van der Waals surface area (Å²) in [5, 5.41) is 16.6. The maximum absolute atomic E-state index is 10.1. The molecule has 2 N–H and O–H groups in total. The van der Waals surface area contributed by atoms with Crippen LogP contribution in [0, 0.1) is 0 Å². The van der Waals surface area contributed by atoms with Crippen molar-refractivity contribution < 1.29 is 36.6 Å². The summed E-state index contributed by atoms with van der Waals surface area (Å²) in [6, 6.07) is 18.6. The van der Waals surface area contributed by atoms with Gasteiger partial charge in [0.1, 0.15) is 0 Å². The number of carboxylic acids is 2. The van der Waals surface area contributed by atoms with Crippen LogP contribution in [0.1, 0.15) is 11.1 Å². The minimum atomic E-state index is -0.922. The van der Waals surface area contributed by atoms with Gasteiger partial charge in [-0.15, -0.1) is 0 Å². The predicted octanol–water partition coefficient (Wildman–Crippen LogP) is 3.57. The Balaban J connectivity index is 0.000000403. The summed E-state index contributed by atoms with van der Waals surface area (Å²) >= 11 is 0. The van der Waals surface area contributed by atoms with E-state index in [-0.39, 0.29) is 16.8 Å². The largest absolute Gasteiger partial charge is 0.478 e. The molecular formula is C18H16CoO4. The average molecular weight is 355 g/mol. The van der Waals surface area contributed by atoms with Gasteiger partial charge in [0.15, 0.2) is 0 Å². The van der Waals surface area contributed by atoms with E-state index in [1.165, 1.54) is 0 Å². The van der Waals surface area contributed by atoms with Crippen molar-refractivity contribution >= 4 is 24.1 Å². The molecule has 1 radical (unpaired) electrons. The molecule has 121 valence electrons. The van der Waals surface area contributed by atoms with Crippen molar-refractivity contribution in [2.75, 3.05) is 0 Å². The molecule has 2 aromatic carbocycles. The zero-order chi connectivity index (χ0) is 16.2. The minimum Gasteiger partial charge on any atom is -0.478 e. The number of rotatable bonds is 4. The van der Waals surface area contributed by atoms with Crippen LogP contribution in [0.4, 0.5) is 0 Å². The molecule has 0 bridgehead atoms. The number of benzene rings is 2. The second-order valence-corrected chi connectivity index (χ2v) is 4.16. The Kier molecular flexibility index (Phi) is 10.6. The van der Waals surface area contributed by atoms with Crippen LogP contribution in [0.2, 0.25) is 0 Å². The molecule has 0 atom stereocenters. The summed E-state index contributed by atoms with van der Waals surface area (Å²) < 4.78 is 0. The van der Waals surface area contributed by atoms with E-state index in [1.807, 2.05) is 60.7 Å². The van der Waals surface area contributed by atoms with Crippen LogP contribution in [0.3, 0.4) is 0 Å². The van der Waals surface area contributed by atoms with E-state index >= 15 is 0 Å². The Labute approximate surface area is 145 Å². The third-order valence-electron chi connectivity index (χ3n) is 2.44. The van der Waals surface area contributed by atoms with Crippen LogP contribution < -0.4 is 0 Å². The van der Waals surface area contributed by atoms with Crippen LogP contribution in [0.25, 0.3) is 12.2 Å². The van der Waals surface area contributed by atoms with Crippen molar-refractivity contribution in [3.8, 4) is 0 Å². The SMILES string of the molecule is O=C(O)C=Cc1ccccc1.O=C(O)C=Cc1ccccc1.[Co]. The van der Waals surface area contributed by atoms with Crippen LogP contribution in [-0.4, -0.2) is 22.2 Å². The van der Waals surface area contributed by atoms with Crippen LogP contribution in [0.15, 0.2) is 72.8 Å². The molecule has 0 saturated carbocycles. The van der Waals surface area contributed by atoms with Gasteiger partial charge in [0, 0.05) is 28.9 Å². The monoisotopic (exact) mass is 355 g/mol. The maximum Gasteiger partial charge on any atom is 0.328 e. The van der Waals surface area contributed by atoms with E-state index in [9.17, 15) is 9.59 Å². The molecule has 0 saturated heterocycles. The Morgan fingerprint density at radius 3 is 1.22 bits per heavy atom. The number of hydrogen-bond acceptors (Lipinski definition) is 2. The van der Waals surface area contributed by atoms with Gasteiger partial charge in [0.2, 0.25) is 0 Å². The normalized spacial score (nSPS) is 9.74. The molecule has 5 heteroatoms. The Morgan fingerprint density at radius 1 is 0.652 bits per heavy atom. The van der Waals surface area contributed by atoms with E-state index in [4.69, 9.17) is 10.2 Å². The number of carboxylic acid groups (broad SMARTS) is 2. The first-order valence-corrected chi connectivity index (χ1v) is 6.50. The van der Waals surface area contributed by atoms with Gasteiger partial charge in [-0.25, -0.2) is 9.59 Å². The topological polar surface area (TPSA) is 74.6 Å². The molecule has 0 fully saturated rings. The average Bonchev–Trinajstić information content (AvgIpc) is 2.53. The summed E-state index contributed by atoms with van der Waals surface area (Å²) in [5.74, 6) is -1.84. The van der Waals surface area contributed by atoms with Crippen molar-refractivity contribution in [1.82, 2.24) is 0 Å². The molecule has 0 aliphatic carbocycles. The van der Waals surface area contributed by atoms with Crippen LogP contribution >= 0.6 is 0 Å². The van der Waals surface area contributed by atoms with E-state index in [2.05, 4.69) is 0 Å². The second-order valence-electron chi connectivity index (χ2n) is 4.16. The third-order valence-corrected chi connectivity index (χ3v) is 2.44. The predicted molar refractivity (Wildman–Crippen MR) is 86.2 cm³/mol. The van der Waals surface area contributed by atoms with Gasteiger partial charge < -0.3 is 10.2 Å². The molecule has 0 aliphatic rings. The fourth-order valence-corrected chi connectivity index (χ4v) is 1.46. The first-order valence-electron chi connectivity index (χ1n) is 6.50. The molecule has 4 nitrogen and oxygen atoms in total. The zero-order valence-electron chi connectivity index (χ0n) is 12.1. The summed E-state index contributed by atoms with van der Waals surface area (Å²) in [4.78, 5) is 20.2. The smallest absolute Gasteiger partial charge is 0.328 e. The number of carbonyl (C=O) groups is 2. The van der Waals surface area contributed by atoms with E-state index in [1.54, 1.807) is 12.2 Å². The molecule has 0 heterocycles. The fraction of sp³-hybridized carbons (Fsp3) is 0. The zero-order valence-corrected chi connectivity index (χ0v) is 13.2. The van der Waals surface area contributed by atoms with Gasteiger partial charge in [-0.2, -0.15) is 0 Å². The Hall–Kier alpha value is -2.63. The summed E-state index contributed by atoms with van der Waals surface area (Å²) in [5.41, 5.74) is 1.80. The summed E-state index contributed by atoms with van der Waals surface area (Å²) in [6.07, 6.45) is 5.36. The molecule has 23 heavy (non-hydrogen) atoms. The van der Waals surface area contributed by atoms with Gasteiger partial charge in [0.05, 0.1) is 0 Å². The third kappa shape index (κ3) is 10.7. The van der Waals surface area contributed by atoms with E-state index < -0.39 is 11.9 Å². The maximum atomic E-state index is 10.1. The first-order chi connectivity index (χ1) is 10.6. The van der Waals surface area contributed by atoms with Gasteiger partial charge in [-0.05, 0) is 23.3 Å². The molecule has 0 spiro atoms. The molecule has 2 rings (SSSR count). The van der Waals surface area contributed by atoms with Crippen molar-refractivity contribution in [3.05, 3.63) is 83.9 Å². The first kappa shape index (κ1) is 20.4. The minimum absolute atomic E-state index is 0. The van der Waals surface area contributed by atoms with Crippen molar-refractivity contribution in [2.24, 2.45) is 0 Å². The Bertz CT molecular complexity index is 590. The molecule has 0 amide bonds. The van der Waals surface area contributed by atoms with Gasteiger partial charge in [-0.1, -0.05) is 60.7 Å². The molecule has 0 aliphatic heterocycles. The summed E-state index contributed by atoms with van der Waals surface area (Å²) in [6.45, 7) is 0. The number of hydrogen-bond donors (Lipinski definition) is 2. The van der Waals surface area contributed by atoms with Gasteiger partial charge in [0.25, 0.3) is 0 Å². The van der Waals surface area contributed by atoms with Crippen LogP contribution in [0.5, 0.6) is 0 Å². The van der Waals surface area contributed by atoms with Crippen molar-refractivity contribution in [2.45, 2.75) is 0 Å². The second kappa shape index (κ2) is 12.0. The van der Waals surface area contributed by atoms with Crippen LogP contribution in [-0.2, 0) is 26.4 Å². The van der Waals surface area contributed by atoms with Gasteiger partial charge in [-0.3, -0.25) is 0 Å². The fourth-order valence-electron chi connectivity index (χ4n) is 1.46. The van der Waals surface area contributed by atoms with Gasteiger partial charge >= 0.3 is 11.9 Å². The Morgan fingerprint density at radius 2 is 0.957 bits per heavy atom. The molecule has 0 aromatic heterocycles. The summed E-state index contributed by atoms with van der Waals surface area (Å²) in [7, 11) is 0. The quantitative estimate of drug-likeness (QED) is 0.823. The van der Waals surface area contributed by atoms with Crippen molar-refractivity contribution in [1.29, 1.82) is 0 Å². The standard InChI is InChI=1S/2C9H8O2.Co/c2*10-9(11)7-6-8-4-2-1-3-5-8;/h2*1-7H,(H,10,11);. The molecule has 2 aromatic rings. The molecular weight excluding hydrogens is 339 g/mol. The molecule has 0 unspecified atom stereocenters. The van der Waals surface area contributed by atoms with E-state index in [0.717, 1.165) is 23.3 Å². The van der Waals surface area contributed by atoms with Crippen molar-refractivity contribution in [3.63, 3.8) is 0 Å². The van der Waals surface area contributed by atoms with E-state index in [0.29, 0.717) is 0 Å². The number of aliphatic carboxylic acids is 2.